The summed E-state index contributed by atoms with van der Waals surface area (Å²) in [7, 11) is -4.04. The molecule has 3 aromatic heterocycles. The van der Waals surface area contributed by atoms with Crippen molar-refractivity contribution in [1.29, 1.82) is 0 Å². The number of fused-ring (bicyclic) bond motifs is 1. The molecule has 0 saturated heterocycles. The smallest absolute Gasteiger partial charge is 0.266 e. The van der Waals surface area contributed by atoms with Gasteiger partial charge >= 0.3 is 0 Å². The highest BCUT2D eigenvalue weighted by Gasteiger charge is 2.24. The molecule has 0 bridgehead atoms. The molecule has 8 nitrogen and oxygen atoms in total. The first-order valence-corrected chi connectivity index (χ1v) is 6.88. The van der Waals surface area contributed by atoms with Crippen LogP contribution in [-0.2, 0) is 9.84 Å². The molecule has 3 heterocycles. The van der Waals surface area contributed by atoms with E-state index in [0.717, 1.165) is 18.5 Å². The minimum atomic E-state index is -4.04. The van der Waals surface area contributed by atoms with Gasteiger partial charge in [-0.1, -0.05) is 0 Å². The monoisotopic (exact) mass is 293 g/mol. The normalized spacial score (nSPS) is 11.8. The summed E-state index contributed by atoms with van der Waals surface area (Å²) in [4.78, 5) is 30.6. The Bertz CT molecular complexity index is 992. The van der Waals surface area contributed by atoms with Gasteiger partial charge in [0, 0.05) is 18.5 Å². The molecule has 0 aliphatic carbocycles. The summed E-state index contributed by atoms with van der Waals surface area (Å²) in [5, 5.41) is -0.660. The second-order valence-electron chi connectivity index (χ2n) is 3.90. The van der Waals surface area contributed by atoms with Gasteiger partial charge in [-0.3, -0.25) is 9.59 Å². The van der Waals surface area contributed by atoms with E-state index >= 15 is 0 Å². The maximum atomic E-state index is 12.2. The molecule has 0 atom stereocenters. The van der Waals surface area contributed by atoms with Crippen LogP contribution in [0, 0.1) is 0 Å². The molecule has 9 heteroatoms. The number of pyridine rings is 1. The summed E-state index contributed by atoms with van der Waals surface area (Å²) in [6.45, 7) is 0. The van der Waals surface area contributed by atoms with Crippen molar-refractivity contribution in [3.63, 3.8) is 0 Å². The Morgan fingerprint density at radius 3 is 2.65 bits per heavy atom. The van der Waals surface area contributed by atoms with Gasteiger partial charge in [-0.25, -0.2) is 13.4 Å². The highest BCUT2D eigenvalue weighted by atomic mass is 32.2. The summed E-state index contributed by atoms with van der Waals surface area (Å²) >= 11 is 0. The standard InChI is InChI=1S/C11H7N3O5S/c15-8-4-14-9(5-13-8)20(17,18)10-3-6-7(19-10)1-2-12-11(6)16/h1-5H,(H,12,16)(H,13,15). The first-order chi connectivity index (χ1) is 9.48. The van der Waals surface area contributed by atoms with Crippen LogP contribution in [0.25, 0.3) is 11.0 Å². The largest absolute Gasteiger partial charge is 0.444 e. The number of sulfone groups is 1. The molecule has 0 unspecified atom stereocenters. The van der Waals surface area contributed by atoms with Crippen molar-refractivity contribution in [3.8, 4) is 0 Å². The van der Waals surface area contributed by atoms with Gasteiger partial charge in [0.1, 0.15) is 5.58 Å². The van der Waals surface area contributed by atoms with Crippen LogP contribution in [0.4, 0.5) is 0 Å². The molecule has 0 aliphatic rings. The lowest BCUT2D eigenvalue weighted by Gasteiger charge is -1.98. The fourth-order valence-electron chi connectivity index (χ4n) is 1.67. The first-order valence-electron chi connectivity index (χ1n) is 5.39. The molecule has 3 aromatic rings. The van der Waals surface area contributed by atoms with Crippen LogP contribution >= 0.6 is 0 Å². The van der Waals surface area contributed by atoms with Crippen LogP contribution in [0.5, 0.6) is 0 Å². The molecule has 0 fully saturated rings. The quantitative estimate of drug-likeness (QED) is 0.686. The zero-order valence-electron chi connectivity index (χ0n) is 9.78. The van der Waals surface area contributed by atoms with Crippen molar-refractivity contribution >= 4 is 20.8 Å². The van der Waals surface area contributed by atoms with Crippen molar-refractivity contribution in [2.75, 3.05) is 0 Å². The molecular formula is C11H7N3O5S. The Hall–Kier alpha value is -2.68. The maximum Gasteiger partial charge on any atom is 0.266 e. The van der Waals surface area contributed by atoms with Crippen molar-refractivity contribution in [1.82, 2.24) is 15.0 Å². The number of rotatable bonds is 2. The number of aromatic nitrogens is 3. The lowest BCUT2D eigenvalue weighted by atomic mass is 10.3. The van der Waals surface area contributed by atoms with Gasteiger partial charge in [-0.05, 0) is 6.07 Å². The van der Waals surface area contributed by atoms with E-state index < -0.39 is 26.0 Å². The number of aromatic amines is 2. The van der Waals surface area contributed by atoms with Crippen molar-refractivity contribution in [3.05, 3.63) is 51.4 Å². The summed E-state index contributed by atoms with van der Waals surface area (Å²) < 4.78 is 29.6. The third kappa shape index (κ3) is 1.84. The predicted octanol–water partition coefficient (Wildman–Crippen LogP) is 0.0372. The van der Waals surface area contributed by atoms with Crippen LogP contribution in [0.2, 0.25) is 0 Å². The third-order valence-electron chi connectivity index (χ3n) is 2.62. The Balaban J connectivity index is 2.24. The Morgan fingerprint density at radius 2 is 2.00 bits per heavy atom. The Kier molecular flexibility index (Phi) is 2.57. The van der Waals surface area contributed by atoms with E-state index in [4.69, 9.17) is 4.42 Å². The molecule has 102 valence electrons. The lowest BCUT2D eigenvalue weighted by molar-refractivity contribution is 0.480. The van der Waals surface area contributed by atoms with Gasteiger partial charge < -0.3 is 14.4 Å². The second kappa shape index (κ2) is 4.17. The summed E-state index contributed by atoms with van der Waals surface area (Å²) in [5.41, 5.74) is -0.830. The molecule has 0 aliphatic heterocycles. The van der Waals surface area contributed by atoms with Gasteiger partial charge in [0.2, 0.25) is 5.09 Å². The second-order valence-corrected chi connectivity index (χ2v) is 5.73. The van der Waals surface area contributed by atoms with E-state index in [2.05, 4.69) is 15.0 Å². The predicted molar refractivity (Wildman–Crippen MR) is 67.1 cm³/mol. The van der Waals surface area contributed by atoms with Crippen LogP contribution in [0.3, 0.4) is 0 Å². The van der Waals surface area contributed by atoms with Crippen LogP contribution in [0.15, 0.2) is 54.8 Å². The SMILES string of the molecule is O=c1cnc(S(=O)(=O)c2cc3c(=O)[nH]ccc3o2)c[nH]1. The number of H-pyrrole nitrogens is 2. The molecule has 20 heavy (non-hydrogen) atoms. The van der Waals surface area contributed by atoms with Gasteiger partial charge in [0.05, 0.1) is 11.6 Å². The molecule has 3 rings (SSSR count). The number of nitrogens with one attached hydrogen (secondary N) is 2. The van der Waals surface area contributed by atoms with E-state index in [-0.39, 0.29) is 16.0 Å². The first kappa shape index (κ1) is 12.4. The molecule has 0 spiro atoms. The number of hydrogen-bond donors (Lipinski definition) is 2. The molecule has 0 amide bonds. The van der Waals surface area contributed by atoms with E-state index in [1.807, 2.05) is 0 Å². The highest BCUT2D eigenvalue weighted by Crippen LogP contribution is 2.23. The van der Waals surface area contributed by atoms with Crippen molar-refractivity contribution in [2.45, 2.75) is 10.1 Å². The number of nitrogens with zero attached hydrogens (tertiary/aromatic N) is 1. The topological polar surface area (TPSA) is 126 Å². The van der Waals surface area contributed by atoms with Gasteiger partial charge in [-0.15, -0.1) is 0 Å². The van der Waals surface area contributed by atoms with Crippen LogP contribution in [0.1, 0.15) is 0 Å². The highest BCUT2D eigenvalue weighted by molar-refractivity contribution is 7.91. The number of furan rings is 1. The minimum Gasteiger partial charge on any atom is -0.444 e. The zero-order chi connectivity index (χ0) is 14.3. The maximum absolute atomic E-state index is 12.2. The molecule has 0 radical (unpaired) electrons. The summed E-state index contributed by atoms with van der Waals surface area (Å²) in [5.74, 6) is 0. The third-order valence-corrected chi connectivity index (χ3v) is 4.12. The molecular weight excluding hydrogens is 286 g/mol. The Morgan fingerprint density at radius 1 is 1.20 bits per heavy atom. The van der Waals surface area contributed by atoms with E-state index in [1.165, 1.54) is 12.3 Å². The van der Waals surface area contributed by atoms with Crippen LogP contribution in [-0.4, -0.2) is 23.4 Å². The van der Waals surface area contributed by atoms with E-state index in [1.54, 1.807) is 0 Å². The minimum absolute atomic E-state index is 0.121. The van der Waals surface area contributed by atoms with E-state index in [0.29, 0.717) is 0 Å². The van der Waals surface area contributed by atoms with Gasteiger partial charge in [0.25, 0.3) is 21.0 Å². The zero-order valence-corrected chi connectivity index (χ0v) is 10.6. The van der Waals surface area contributed by atoms with Gasteiger partial charge in [-0.2, -0.15) is 0 Å². The molecule has 0 aromatic carbocycles. The summed E-state index contributed by atoms with van der Waals surface area (Å²) in [6, 6.07) is 2.56. The Labute approximate surface area is 111 Å². The average molecular weight is 293 g/mol. The van der Waals surface area contributed by atoms with Crippen molar-refractivity contribution < 1.29 is 12.8 Å². The van der Waals surface area contributed by atoms with Crippen LogP contribution < -0.4 is 11.1 Å². The lowest BCUT2D eigenvalue weighted by Crippen LogP contribution is -2.10. The fourth-order valence-corrected chi connectivity index (χ4v) is 2.75. The average Bonchev–Trinajstić information content (AvgIpc) is 2.85. The summed E-state index contributed by atoms with van der Waals surface area (Å²) in [6.07, 6.45) is 3.17. The molecule has 2 N–H and O–H groups in total. The fraction of sp³-hybridized carbons (Fsp3) is 0. The molecule has 0 saturated carbocycles. The van der Waals surface area contributed by atoms with Gasteiger partial charge in [0.15, 0.2) is 5.03 Å². The number of hydrogen-bond acceptors (Lipinski definition) is 6. The van der Waals surface area contributed by atoms with Crippen molar-refractivity contribution in [2.24, 2.45) is 0 Å². The van der Waals surface area contributed by atoms with E-state index in [9.17, 15) is 18.0 Å².